The minimum atomic E-state index is 0.444. The molecule has 3 nitrogen and oxygen atoms in total. The Bertz CT molecular complexity index is 704. The van der Waals surface area contributed by atoms with Crippen LogP contribution in [-0.4, -0.2) is 9.38 Å². The number of benzene rings is 1. The van der Waals surface area contributed by atoms with Gasteiger partial charge in [-0.15, -0.1) is 0 Å². The smallest absolute Gasteiger partial charge is 0.152 e. The van der Waals surface area contributed by atoms with Crippen LogP contribution in [0.2, 0.25) is 0 Å². The lowest BCUT2D eigenvalue weighted by Gasteiger charge is -2.05. The first-order chi connectivity index (χ1) is 9.24. The van der Waals surface area contributed by atoms with Gasteiger partial charge in [0.2, 0.25) is 0 Å². The normalized spacial score (nSPS) is 10.8. The fourth-order valence-electron chi connectivity index (χ4n) is 1.94. The highest BCUT2D eigenvalue weighted by atomic mass is 79.9. The monoisotopic (exact) mass is 316 g/mol. The third kappa shape index (κ3) is 2.49. The number of aromatic nitrogens is 2. The van der Waals surface area contributed by atoms with Crippen LogP contribution in [0.3, 0.4) is 0 Å². The summed E-state index contributed by atoms with van der Waals surface area (Å²) in [5.74, 6) is 1.73. The molecule has 0 fully saturated rings. The van der Waals surface area contributed by atoms with Gasteiger partial charge in [0.05, 0.1) is 5.52 Å². The Kier molecular flexibility index (Phi) is 3.25. The predicted molar refractivity (Wildman–Crippen MR) is 78.4 cm³/mol. The molecule has 0 aliphatic carbocycles. The zero-order valence-corrected chi connectivity index (χ0v) is 12.1. The van der Waals surface area contributed by atoms with Gasteiger partial charge in [-0.05, 0) is 47.1 Å². The van der Waals surface area contributed by atoms with E-state index >= 15 is 0 Å². The van der Waals surface area contributed by atoms with Gasteiger partial charge in [-0.3, -0.25) is 4.40 Å². The van der Waals surface area contributed by atoms with Crippen molar-refractivity contribution in [3.8, 4) is 5.75 Å². The summed E-state index contributed by atoms with van der Waals surface area (Å²) in [4.78, 5) is 4.48. The van der Waals surface area contributed by atoms with Gasteiger partial charge >= 0.3 is 0 Å². The number of ether oxygens (including phenoxy) is 1. The molecule has 1 aromatic carbocycles. The first-order valence-corrected chi connectivity index (χ1v) is 6.84. The Morgan fingerprint density at radius 3 is 2.74 bits per heavy atom. The molecule has 4 heteroatoms. The van der Waals surface area contributed by atoms with E-state index in [0.29, 0.717) is 6.61 Å². The Morgan fingerprint density at radius 2 is 1.95 bits per heavy atom. The Hall–Kier alpha value is -1.81. The van der Waals surface area contributed by atoms with E-state index in [-0.39, 0.29) is 0 Å². The van der Waals surface area contributed by atoms with E-state index in [1.54, 1.807) is 0 Å². The molecule has 2 aromatic heterocycles. The molecule has 0 aliphatic heterocycles. The highest BCUT2D eigenvalue weighted by Crippen LogP contribution is 2.20. The molecule has 0 aliphatic rings. The van der Waals surface area contributed by atoms with Crippen molar-refractivity contribution in [2.45, 2.75) is 13.5 Å². The first-order valence-electron chi connectivity index (χ1n) is 6.05. The fourth-order valence-corrected chi connectivity index (χ4v) is 2.47. The second-order valence-electron chi connectivity index (χ2n) is 4.38. The summed E-state index contributed by atoms with van der Waals surface area (Å²) in [6, 6.07) is 14.0. The van der Waals surface area contributed by atoms with E-state index in [1.807, 2.05) is 53.1 Å². The van der Waals surface area contributed by atoms with Crippen molar-refractivity contribution in [2.75, 3.05) is 0 Å². The molecule has 0 saturated heterocycles. The number of hydrogen-bond donors (Lipinski definition) is 0. The average molecular weight is 317 g/mol. The molecule has 3 aromatic rings. The van der Waals surface area contributed by atoms with Gasteiger partial charge in [-0.2, -0.15) is 0 Å². The maximum atomic E-state index is 5.76. The van der Waals surface area contributed by atoms with Crippen LogP contribution in [0, 0.1) is 6.92 Å². The van der Waals surface area contributed by atoms with Crippen molar-refractivity contribution in [1.82, 2.24) is 9.38 Å². The van der Waals surface area contributed by atoms with Crippen LogP contribution in [0.25, 0.3) is 5.52 Å². The minimum Gasteiger partial charge on any atom is -0.486 e. The molecule has 0 spiro atoms. The number of fused-ring (bicyclic) bond motifs is 1. The largest absolute Gasteiger partial charge is 0.486 e. The van der Waals surface area contributed by atoms with Crippen LogP contribution in [0.1, 0.15) is 11.4 Å². The van der Waals surface area contributed by atoms with Gasteiger partial charge in [-0.1, -0.05) is 23.8 Å². The highest BCUT2D eigenvalue weighted by Gasteiger charge is 2.08. The fraction of sp³-hybridized carbons (Fsp3) is 0.133. The molecule has 0 bridgehead atoms. The third-order valence-corrected chi connectivity index (χ3v) is 3.55. The zero-order valence-electron chi connectivity index (χ0n) is 10.5. The van der Waals surface area contributed by atoms with Gasteiger partial charge in [0.15, 0.2) is 5.82 Å². The van der Waals surface area contributed by atoms with Gasteiger partial charge in [-0.25, -0.2) is 4.98 Å². The summed E-state index contributed by atoms with van der Waals surface area (Å²) in [5, 5.41) is 0. The van der Waals surface area contributed by atoms with E-state index in [0.717, 1.165) is 21.7 Å². The predicted octanol–water partition coefficient (Wildman–Crippen LogP) is 3.98. The second kappa shape index (κ2) is 5.05. The number of rotatable bonds is 3. The molecule has 0 radical (unpaired) electrons. The highest BCUT2D eigenvalue weighted by molar-refractivity contribution is 9.10. The molecule has 0 N–H and O–H groups in total. The van der Waals surface area contributed by atoms with E-state index in [9.17, 15) is 0 Å². The molecule has 0 atom stereocenters. The Balaban J connectivity index is 1.84. The molecular formula is C15H13BrN2O. The maximum Gasteiger partial charge on any atom is 0.152 e. The van der Waals surface area contributed by atoms with Crippen molar-refractivity contribution in [1.29, 1.82) is 0 Å². The summed E-state index contributed by atoms with van der Waals surface area (Å²) in [6.45, 7) is 2.50. The lowest BCUT2D eigenvalue weighted by atomic mass is 10.2. The molecule has 19 heavy (non-hydrogen) atoms. The van der Waals surface area contributed by atoms with Gasteiger partial charge in [0, 0.05) is 6.20 Å². The van der Waals surface area contributed by atoms with Crippen molar-refractivity contribution < 1.29 is 4.74 Å². The van der Waals surface area contributed by atoms with Crippen molar-refractivity contribution >= 4 is 21.4 Å². The standard InChI is InChI=1S/C15H13BrN2O/c1-11-5-7-12(8-6-11)19-10-14-17-15(16)13-4-2-3-9-18(13)14/h2-9H,10H2,1H3. The molecular weight excluding hydrogens is 304 g/mol. The average Bonchev–Trinajstić information content (AvgIpc) is 2.76. The van der Waals surface area contributed by atoms with Crippen molar-refractivity contribution in [2.24, 2.45) is 0 Å². The molecule has 0 amide bonds. The number of nitrogens with zero attached hydrogens (tertiary/aromatic N) is 2. The quantitative estimate of drug-likeness (QED) is 0.730. The van der Waals surface area contributed by atoms with Crippen molar-refractivity contribution in [3.05, 3.63) is 64.7 Å². The summed E-state index contributed by atoms with van der Waals surface area (Å²) in [5.41, 5.74) is 2.27. The van der Waals surface area contributed by atoms with Gasteiger partial charge < -0.3 is 4.74 Å². The number of imidazole rings is 1. The van der Waals surface area contributed by atoms with Gasteiger partial charge in [0.1, 0.15) is 17.0 Å². The summed E-state index contributed by atoms with van der Waals surface area (Å²) in [6.07, 6.45) is 1.99. The molecule has 0 unspecified atom stereocenters. The minimum absolute atomic E-state index is 0.444. The lowest BCUT2D eigenvalue weighted by Crippen LogP contribution is -2.01. The molecule has 96 valence electrons. The summed E-state index contributed by atoms with van der Waals surface area (Å²) in [7, 11) is 0. The molecule has 3 rings (SSSR count). The third-order valence-electron chi connectivity index (χ3n) is 2.97. The van der Waals surface area contributed by atoms with Crippen LogP contribution >= 0.6 is 15.9 Å². The maximum absolute atomic E-state index is 5.76. The zero-order chi connectivity index (χ0) is 13.2. The topological polar surface area (TPSA) is 26.5 Å². The summed E-state index contributed by atoms with van der Waals surface area (Å²) >= 11 is 3.47. The van der Waals surface area contributed by atoms with E-state index in [2.05, 4.69) is 27.8 Å². The second-order valence-corrected chi connectivity index (χ2v) is 5.13. The Morgan fingerprint density at radius 1 is 1.16 bits per heavy atom. The first kappa shape index (κ1) is 12.2. The van der Waals surface area contributed by atoms with E-state index < -0.39 is 0 Å². The number of halogens is 1. The number of pyridine rings is 1. The van der Waals surface area contributed by atoms with E-state index in [1.165, 1.54) is 5.56 Å². The van der Waals surface area contributed by atoms with Crippen LogP contribution in [0.5, 0.6) is 5.75 Å². The lowest BCUT2D eigenvalue weighted by molar-refractivity contribution is 0.295. The van der Waals surface area contributed by atoms with Crippen LogP contribution in [0.15, 0.2) is 53.3 Å². The van der Waals surface area contributed by atoms with Crippen LogP contribution < -0.4 is 4.74 Å². The number of hydrogen-bond acceptors (Lipinski definition) is 2. The summed E-state index contributed by atoms with van der Waals surface area (Å²) < 4.78 is 8.63. The number of aryl methyl sites for hydroxylation is 1. The van der Waals surface area contributed by atoms with E-state index in [4.69, 9.17) is 4.74 Å². The Labute approximate surface area is 120 Å². The van der Waals surface area contributed by atoms with Crippen molar-refractivity contribution in [3.63, 3.8) is 0 Å². The van der Waals surface area contributed by atoms with Gasteiger partial charge in [0.25, 0.3) is 0 Å². The van der Waals surface area contributed by atoms with Crippen LogP contribution in [0.4, 0.5) is 0 Å². The van der Waals surface area contributed by atoms with Crippen LogP contribution in [-0.2, 0) is 6.61 Å². The SMILES string of the molecule is Cc1ccc(OCc2nc(Br)c3ccccn23)cc1. The molecule has 2 heterocycles. The molecule has 0 saturated carbocycles.